The van der Waals surface area contributed by atoms with Crippen molar-refractivity contribution in [1.29, 1.82) is 0 Å². The van der Waals surface area contributed by atoms with Crippen LogP contribution in [0.1, 0.15) is 30.3 Å². The summed E-state index contributed by atoms with van der Waals surface area (Å²) in [7, 11) is 0. The molecule has 0 saturated heterocycles. The number of H-pyrrole nitrogens is 1. The van der Waals surface area contributed by atoms with Gasteiger partial charge in [-0.15, -0.1) is 0 Å². The van der Waals surface area contributed by atoms with E-state index in [0.29, 0.717) is 5.41 Å². The number of hydrogen-bond donors (Lipinski definition) is 2. The molecule has 0 aliphatic heterocycles. The number of aromatic amines is 1. The second-order valence-electron chi connectivity index (χ2n) is 4.72. The van der Waals surface area contributed by atoms with Crippen molar-refractivity contribution in [3.63, 3.8) is 0 Å². The molecular formula is C10H14N2O. The molecule has 2 aliphatic carbocycles. The Morgan fingerprint density at radius 1 is 1.69 bits per heavy atom. The first-order valence-electron chi connectivity index (χ1n) is 4.89. The van der Waals surface area contributed by atoms with Gasteiger partial charge in [-0.25, -0.2) is 0 Å². The van der Waals surface area contributed by atoms with Gasteiger partial charge in [-0.2, -0.15) is 5.10 Å². The van der Waals surface area contributed by atoms with E-state index in [2.05, 4.69) is 17.1 Å². The largest absolute Gasteiger partial charge is 0.390 e. The molecule has 1 heterocycles. The van der Waals surface area contributed by atoms with Crippen molar-refractivity contribution >= 4 is 0 Å². The number of nitrogens with one attached hydrogen (secondary N) is 1. The van der Waals surface area contributed by atoms with E-state index < -0.39 is 0 Å². The van der Waals surface area contributed by atoms with Crippen molar-refractivity contribution in [2.45, 2.75) is 32.8 Å². The van der Waals surface area contributed by atoms with Gasteiger partial charge >= 0.3 is 0 Å². The van der Waals surface area contributed by atoms with Gasteiger partial charge in [-0.1, -0.05) is 6.92 Å². The molecule has 1 fully saturated rings. The Bertz CT molecular complexity index is 358. The maximum atomic E-state index is 9.06. The molecule has 0 bridgehead atoms. The Morgan fingerprint density at radius 2 is 2.54 bits per heavy atom. The molecule has 0 amide bonds. The fraction of sp³-hybridized carbons (Fsp3) is 0.700. The highest BCUT2D eigenvalue weighted by Crippen LogP contribution is 2.59. The van der Waals surface area contributed by atoms with Crippen molar-refractivity contribution in [3.8, 4) is 0 Å². The Morgan fingerprint density at radius 3 is 3.31 bits per heavy atom. The van der Waals surface area contributed by atoms with Crippen molar-refractivity contribution in [2.75, 3.05) is 0 Å². The number of aliphatic hydroxyl groups excluding tert-OH is 1. The average Bonchev–Trinajstić information content (AvgIpc) is 2.60. The van der Waals surface area contributed by atoms with Crippen LogP contribution >= 0.6 is 0 Å². The zero-order chi connectivity index (χ0) is 9.05. The summed E-state index contributed by atoms with van der Waals surface area (Å²) in [5.41, 5.74) is 3.97. The van der Waals surface area contributed by atoms with Crippen LogP contribution in [-0.4, -0.2) is 15.3 Å². The molecule has 2 N–H and O–H groups in total. The summed E-state index contributed by atoms with van der Waals surface area (Å²) in [6.45, 7) is 2.43. The van der Waals surface area contributed by atoms with E-state index in [4.69, 9.17) is 5.11 Å². The van der Waals surface area contributed by atoms with Crippen LogP contribution in [0.15, 0.2) is 0 Å². The SMILES string of the molecule is C[C@@]12Cc3[nH]nc(CO)c3C[C@@H]1C2. The van der Waals surface area contributed by atoms with Gasteiger partial charge in [0.15, 0.2) is 0 Å². The molecule has 0 radical (unpaired) electrons. The van der Waals surface area contributed by atoms with Crippen LogP contribution in [0.4, 0.5) is 0 Å². The maximum absolute atomic E-state index is 9.06. The lowest BCUT2D eigenvalue weighted by atomic mass is 9.88. The van der Waals surface area contributed by atoms with Crippen LogP contribution in [0.3, 0.4) is 0 Å². The lowest BCUT2D eigenvalue weighted by molar-refractivity contribution is 0.275. The van der Waals surface area contributed by atoms with E-state index in [1.807, 2.05) is 0 Å². The van der Waals surface area contributed by atoms with E-state index in [9.17, 15) is 0 Å². The fourth-order valence-electron chi connectivity index (χ4n) is 2.65. The molecule has 0 spiro atoms. The van der Waals surface area contributed by atoms with Gasteiger partial charge in [0.05, 0.1) is 12.3 Å². The van der Waals surface area contributed by atoms with Crippen LogP contribution < -0.4 is 0 Å². The number of rotatable bonds is 1. The van der Waals surface area contributed by atoms with Crippen molar-refractivity contribution < 1.29 is 5.11 Å². The predicted molar refractivity (Wildman–Crippen MR) is 48.1 cm³/mol. The molecule has 2 aliphatic rings. The first-order valence-corrected chi connectivity index (χ1v) is 4.89. The monoisotopic (exact) mass is 178 g/mol. The van der Waals surface area contributed by atoms with Crippen molar-refractivity contribution in [1.82, 2.24) is 10.2 Å². The minimum atomic E-state index is 0.0786. The quantitative estimate of drug-likeness (QED) is 0.674. The second-order valence-corrected chi connectivity index (χ2v) is 4.72. The highest BCUT2D eigenvalue weighted by Gasteiger charge is 2.53. The van der Waals surface area contributed by atoms with E-state index in [-0.39, 0.29) is 6.61 Å². The predicted octanol–water partition coefficient (Wildman–Crippen LogP) is 1.03. The highest BCUT2D eigenvalue weighted by atomic mass is 16.3. The van der Waals surface area contributed by atoms with Gasteiger partial charge in [0, 0.05) is 5.69 Å². The zero-order valence-electron chi connectivity index (χ0n) is 7.80. The fourth-order valence-corrected chi connectivity index (χ4v) is 2.65. The number of hydrogen-bond acceptors (Lipinski definition) is 2. The average molecular weight is 178 g/mol. The Labute approximate surface area is 77.2 Å². The number of nitrogens with zero attached hydrogens (tertiary/aromatic N) is 1. The standard InChI is InChI=1S/C10H14N2O/c1-10-3-6(10)2-7-8(4-10)11-12-9(7)5-13/h6,13H,2-5H2,1H3,(H,11,12)/t6-,10-/m1/s1. The number of aromatic nitrogens is 2. The van der Waals surface area contributed by atoms with E-state index in [1.54, 1.807) is 0 Å². The summed E-state index contributed by atoms with van der Waals surface area (Å²) < 4.78 is 0. The second kappa shape index (κ2) is 2.15. The minimum Gasteiger partial charge on any atom is -0.390 e. The molecule has 1 aromatic rings. The third-order valence-electron chi connectivity index (χ3n) is 3.76. The molecule has 13 heavy (non-hydrogen) atoms. The van der Waals surface area contributed by atoms with Gasteiger partial charge in [-0.05, 0) is 36.2 Å². The third-order valence-corrected chi connectivity index (χ3v) is 3.76. The third kappa shape index (κ3) is 0.908. The molecule has 1 saturated carbocycles. The summed E-state index contributed by atoms with van der Waals surface area (Å²) in [4.78, 5) is 0. The lowest BCUT2D eigenvalue weighted by Gasteiger charge is -2.17. The smallest absolute Gasteiger partial charge is 0.0911 e. The van der Waals surface area contributed by atoms with E-state index in [1.165, 1.54) is 17.7 Å². The zero-order valence-corrected chi connectivity index (χ0v) is 7.80. The van der Waals surface area contributed by atoms with Crippen LogP contribution in [0.25, 0.3) is 0 Å². The summed E-state index contributed by atoms with van der Waals surface area (Å²) >= 11 is 0. The Kier molecular flexibility index (Phi) is 1.25. The maximum Gasteiger partial charge on any atom is 0.0911 e. The van der Waals surface area contributed by atoms with Gasteiger partial charge in [0.2, 0.25) is 0 Å². The van der Waals surface area contributed by atoms with Crippen molar-refractivity contribution in [2.24, 2.45) is 11.3 Å². The number of aliphatic hydroxyl groups is 1. The highest BCUT2D eigenvalue weighted by molar-refractivity contribution is 5.33. The summed E-state index contributed by atoms with van der Waals surface area (Å²) in [6, 6.07) is 0. The molecule has 3 heteroatoms. The van der Waals surface area contributed by atoms with Gasteiger partial charge in [0.1, 0.15) is 0 Å². The minimum absolute atomic E-state index is 0.0786. The summed E-state index contributed by atoms with van der Waals surface area (Å²) in [5.74, 6) is 0.850. The van der Waals surface area contributed by atoms with Gasteiger partial charge in [-0.3, -0.25) is 5.10 Å². The summed E-state index contributed by atoms with van der Waals surface area (Å²) in [5, 5.41) is 16.2. The molecule has 0 unspecified atom stereocenters. The molecule has 1 aromatic heterocycles. The topological polar surface area (TPSA) is 48.9 Å². The van der Waals surface area contributed by atoms with Gasteiger partial charge in [0.25, 0.3) is 0 Å². The molecule has 2 atom stereocenters. The van der Waals surface area contributed by atoms with E-state index in [0.717, 1.165) is 24.5 Å². The first-order chi connectivity index (χ1) is 6.23. The first kappa shape index (κ1) is 7.56. The van der Waals surface area contributed by atoms with Crippen LogP contribution in [-0.2, 0) is 19.4 Å². The van der Waals surface area contributed by atoms with Crippen LogP contribution in [0, 0.1) is 11.3 Å². The lowest BCUT2D eigenvalue weighted by Crippen LogP contribution is -2.13. The van der Waals surface area contributed by atoms with Crippen LogP contribution in [0.5, 0.6) is 0 Å². The Balaban J connectivity index is 2.02. The number of fused-ring (bicyclic) bond motifs is 2. The normalized spacial score (nSPS) is 35.4. The molecule has 3 nitrogen and oxygen atoms in total. The summed E-state index contributed by atoms with van der Waals surface area (Å²) in [6.07, 6.45) is 3.60. The van der Waals surface area contributed by atoms with Crippen molar-refractivity contribution in [3.05, 3.63) is 17.0 Å². The van der Waals surface area contributed by atoms with Crippen LogP contribution in [0.2, 0.25) is 0 Å². The van der Waals surface area contributed by atoms with E-state index >= 15 is 0 Å². The van der Waals surface area contributed by atoms with Gasteiger partial charge < -0.3 is 5.11 Å². The molecular weight excluding hydrogens is 164 g/mol. The molecule has 3 rings (SSSR count). The Hall–Kier alpha value is -0.830. The molecule has 70 valence electrons. The molecule has 0 aromatic carbocycles.